The maximum absolute atomic E-state index is 12.6. The van der Waals surface area contributed by atoms with E-state index in [4.69, 9.17) is 5.73 Å². The molecule has 0 aliphatic carbocycles. The van der Waals surface area contributed by atoms with Gasteiger partial charge in [0.15, 0.2) is 0 Å². The summed E-state index contributed by atoms with van der Waals surface area (Å²) in [5.74, 6) is 0. The lowest BCUT2D eigenvalue weighted by molar-refractivity contribution is -0.137. The monoisotopic (exact) mass is 428 g/mol. The Bertz CT molecular complexity index is 1140. The molecule has 0 aliphatic heterocycles. The summed E-state index contributed by atoms with van der Waals surface area (Å²) in [5, 5.41) is 7.23. The number of anilines is 1. The Morgan fingerprint density at radius 1 is 1.00 bits per heavy atom. The molecule has 0 spiro atoms. The van der Waals surface area contributed by atoms with Crippen LogP contribution in [0.2, 0.25) is 0 Å². The summed E-state index contributed by atoms with van der Waals surface area (Å²) < 4.78 is 37.9. The molecule has 0 amide bonds. The van der Waals surface area contributed by atoms with Crippen LogP contribution in [-0.2, 0) is 12.6 Å². The molecule has 1 unspecified atom stereocenters. The lowest BCUT2D eigenvalue weighted by Gasteiger charge is -2.13. The molecule has 8 heteroatoms. The zero-order chi connectivity index (χ0) is 21.1. The minimum absolute atomic E-state index is 0.236. The van der Waals surface area contributed by atoms with Crippen molar-refractivity contribution in [1.82, 2.24) is 9.97 Å². The number of aromatic nitrogens is 2. The molecule has 2 heterocycles. The Balaban J connectivity index is 1.35. The average Bonchev–Trinajstić information content (AvgIpc) is 3.21. The van der Waals surface area contributed by atoms with Gasteiger partial charge in [0.05, 0.1) is 11.8 Å². The van der Waals surface area contributed by atoms with Gasteiger partial charge in [-0.15, -0.1) is 0 Å². The van der Waals surface area contributed by atoms with Crippen LogP contribution >= 0.6 is 11.3 Å². The second kappa shape index (κ2) is 8.41. The van der Waals surface area contributed by atoms with Crippen molar-refractivity contribution in [3.63, 3.8) is 0 Å². The van der Waals surface area contributed by atoms with Gasteiger partial charge in [-0.05, 0) is 41.6 Å². The number of fused-ring (bicyclic) bond motifs is 1. The van der Waals surface area contributed by atoms with Crippen LogP contribution in [-0.4, -0.2) is 22.6 Å². The number of alkyl halides is 3. The molecule has 1 atom stereocenters. The van der Waals surface area contributed by atoms with Crippen LogP contribution in [0.3, 0.4) is 0 Å². The number of hydrogen-bond acceptors (Lipinski definition) is 5. The molecule has 2 aromatic heterocycles. The first-order valence-corrected chi connectivity index (χ1v) is 10.2. The van der Waals surface area contributed by atoms with Gasteiger partial charge in [0.2, 0.25) is 0 Å². The highest BCUT2D eigenvalue weighted by Crippen LogP contribution is 2.31. The van der Waals surface area contributed by atoms with E-state index in [1.807, 2.05) is 24.4 Å². The number of halogens is 3. The average molecular weight is 428 g/mol. The van der Waals surface area contributed by atoms with E-state index in [1.54, 1.807) is 12.4 Å². The minimum Gasteiger partial charge on any atom is -0.374 e. The number of nitrogens with two attached hydrogens (primary N) is 1. The summed E-state index contributed by atoms with van der Waals surface area (Å²) in [4.78, 5) is 8.60. The molecule has 154 valence electrons. The van der Waals surface area contributed by atoms with Crippen molar-refractivity contribution in [3.8, 4) is 10.6 Å². The molecule has 4 rings (SSSR count). The third kappa shape index (κ3) is 4.77. The van der Waals surface area contributed by atoms with E-state index in [0.717, 1.165) is 44.0 Å². The smallest absolute Gasteiger partial charge is 0.374 e. The number of benzene rings is 2. The summed E-state index contributed by atoms with van der Waals surface area (Å²) in [5.41, 5.74) is 7.30. The predicted octanol–water partition coefficient (Wildman–Crippen LogP) is 5.36. The van der Waals surface area contributed by atoms with Crippen LogP contribution in [0.5, 0.6) is 0 Å². The zero-order valence-corrected chi connectivity index (χ0v) is 16.7. The largest absolute Gasteiger partial charge is 0.416 e. The number of hydrogen-bond donors (Lipinski definition) is 2. The fraction of sp³-hybridized carbons (Fsp3) is 0.182. The maximum Gasteiger partial charge on any atom is 0.416 e. The van der Waals surface area contributed by atoms with Crippen LogP contribution in [0.4, 0.5) is 18.2 Å². The van der Waals surface area contributed by atoms with Crippen LogP contribution in [0, 0.1) is 0 Å². The first-order valence-electron chi connectivity index (χ1n) is 9.34. The van der Waals surface area contributed by atoms with Crippen molar-refractivity contribution in [2.75, 3.05) is 11.9 Å². The molecule has 2 aromatic carbocycles. The highest BCUT2D eigenvalue weighted by Gasteiger charge is 2.29. The Morgan fingerprint density at radius 3 is 2.57 bits per heavy atom. The molecule has 0 radical (unpaired) electrons. The molecule has 0 bridgehead atoms. The number of rotatable bonds is 6. The number of nitrogens with zero attached hydrogens (tertiary/aromatic N) is 2. The molecule has 0 saturated heterocycles. The standard InChI is InChI=1S/C22H19F3N4S/c23-22(24,25)18-5-1-14(2-6-18)9-19(26)12-28-20-13-29-21(30-20)16-3-4-17-11-27-8-7-15(17)10-16/h1-8,10-11,13,19,28H,9,12,26H2. The van der Waals surface area contributed by atoms with E-state index in [9.17, 15) is 13.2 Å². The Kier molecular flexibility index (Phi) is 5.69. The van der Waals surface area contributed by atoms with Gasteiger partial charge in [-0.25, -0.2) is 4.98 Å². The van der Waals surface area contributed by atoms with Gasteiger partial charge < -0.3 is 11.1 Å². The number of nitrogens with one attached hydrogen (secondary N) is 1. The molecule has 0 fully saturated rings. The second-order valence-electron chi connectivity index (χ2n) is 7.01. The first-order chi connectivity index (χ1) is 14.4. The highest BCUT2D eigenvalue weighted by atomic mass is 32.1. The van der Waals surface area contributed by atoms with Gasteiger partial charge in [-0.1, -0.05) is 35.6 Å². The summed E-state index contributed by atoms with van der Waals surface area (Å²) >= 11 is 1.53. The van der Waals surface area contributed by atoms with Crippen molar-refractivity contribution in [2.45, 2.75) is 18.6 Å². The van der Waals surface area contributed by atoms with E-state index in [1.165, 1.54) is 23.5 Å². The lowest BCUT2D eigenvalue weighted by Crippen LogP contribution is -2.31. The second-order valence-corrected chi connectivity index (χ2v) is 8.04. The Morgan fingerprint density at radius 2 is 1.80 bits per heavy atom. The van der Waals surface area contributed by atoms with E-state index in [-0.39, 0.29) is 6.04 Å². The third-order valence-corrected chi connectivity index (χ3v) is 5.71. The number of pyridine rings is 1. The third-order valence-electron chi connectivity index (χ3n) is 4.71. The van der Waals surface area contributed by atoms with Crippen molar-refractivity contribution < 1.29 is 13.2 Å². The van der Waals surface area contributed by atoms with Crippen LogP contribution in [0.15, 0.2) is 67.1 Å². The molecule has 3 N–H and O–H groups in total. The molecular formula is C22H19F3N4S. The van der Waals surface area contributed by atoms with Gasteiger partial charge >= 0.3 is 6.18 Å². The molecule has 30 heavy (non-hydrogen) atoms. The quantitative estimate of drug-likeness (QED) is 0.434. The molecular weight excluding hydrogens is 409 g/mol. The Labute approximate surface area is 175 Å². The van der Waals surface area contributed by atoms with E-state index in [2.05, 4.69) is 21.4 Å². The summed E-state index contributed by atoms with van der Waals surface area (Å²) in [6, 6.07) is 13.0. The lowest BCUT2D eigenvalue weighted by atomic mass is 10.0. The fourth-order valence-corrected chi connectivity index (χ4v) is 3.96. The zero-order valence-electron chi connectivity index (χ0n) is 15.9. The van der Waals surface area contributed by atoms with E-state index in [0.29, 0.717) is 13.0 Å². The molecule has 0 aliphatic rings. The van der Waals surface area contributed by atoms with Gasteiger partial charge in [-0.2, -0.15) is 13.2 Å². The summed E-state index contributed by atoms with van der Waals surface area (Å²) in [6.45, 7) is 0.492. The first kappa shape index (κ1) is 20.3. The molecule has 4 aromatic rings. The van der Waals surface area contributed by atoms with Crippen LogP contribution < -0.4 is 11.1 Å². The number of thiazole rings is 1. The van der Waals surface area contributed by atoms with Crippen molar-refractivity contribution in [2.24, 2.45) is 5.73 Å². The topological polar surface area (TPSA) is 63.8 Å². The summed E-state index contributed by atoms with van der Waals surface area (Å²) in [6.07, 6.45) is 1.51. The van der Waals surface area contributed by atoms with Gasteiger partial charge in [-0.3, -0.25) is 4.98 Å². The molecule has 4 nitrogen and oxygen atoms in total. The van der Waals surface area contributed by atoms with Crippen LogP contribution in [0.1, 0.15) is 11.1 Å². The maximum atomic E-state index is 12.6. The normalized spacial score (nSPS) is 12.8. The SMILES string of the molecule is NC(CNc1cnc(-c2ccc3cnccc3c2)s1)Cc1ccc(C(F)(F)F)cc1. The van der Waals surface area contributed by atoms with E-state index < -0.39 is 11.7 Å². The van der Waals surface area contributed by atoms with Gasteiger partial charge in [0.1, 0.15) is 10.0 Å². The van der Waals surface area contributed by atoms with Gasteiger partial charge in [0, 0.05) is 35.9 Å². The predicted molar refractivity (Wildman–Crippen MR) is 114 cm³/mol. The van der Waals surface area contributed by atoms with Crippen LogP contribution in [0.25, 0.3) is 21.3 Å². The van der Waals surface area contributed by atoms with Gasteiger partial charge in [0.25, 0.3) is 0 Å². The fourth-order valence-electron chi connectivity index (χ4n) is 3.14. The highest BCUT2D eigenvalue weighted by molar-refractivity contribution is 7.18. The van der Waals surface area contributed by atoms with Crippen molar-refractivity contribution in [1.29, 1.82) is 0 Å². The summed E-state index contributed by atoms with van der Waals surface area (Å²) in [7, 11) is 0. The van der Waals surface area contributed by atoms with Crippen molar-refractivity contribution in [3.05, 3.63) is 78.2 Å². The minimum atomic E-state index is -4.33. The van der Waals surface area contributed by atoms with Crippen molar-refractivity contribution >= 4 is 27.1 Å². The van der Waals surface area contributed by atoms with E-state index >= 15 is 0 Å². The molecule has 0 saturated carbocycles. The Hall–Kier alpha value is -2.97.